The first kappa shape index (κ1) is 29.3. The third kappa shape index (κ3) is 7.42. The predicted molar refractivity (Wildman–Crippen MR) is 128 cm³/mol. The zero-order valence-electron chi connectivity index (χ0n) is 20.4. The first-order valence-corrected chi connectivity index (χ1v) is 13.2. The van der Waals surface area contributed by atoms with Crippen LogP contribution in [0.25, 0.3) is 0 Å². The quantitative estimate of drug-likeness (QED) is 0.514. The van der Waals surface area contributed by atoms with Crippen molar-refractivity contribution < 1.29 is 21.2 Å². The molecule has 31 heavy (non-hydrogen) atoms. The van der Waals surface area contributed by atoms with Gasteiger partial charge in [0.2, 0.25) is 0 Å². The number of halogens is 1. The van der Waals surface area contributed by atoms with Crippen LogP contribution in [-0.2, 0) is 19.7 Å². The van der Waals surface area contributed by atoms with Gasteiger partial charge in [0, 0.05) is 0 Å². The lowest BCUT2D eigenvalue weighted by molar-refractivity contribution is 0.557. The molecule has 2 rings (SSSR count). The Hall–Kier alpha value is -1.73. The van der Waals surface area contributed by atoms with E-state index in [2.05, 4.69) is 0 Å². The standard InChI is InChI=1S/C11H15FO2S.C11H16O2S.C2H6/c1-8-5-6-9(7-10(8)12)15(13,14)11(2,3)4;1-9-5-7-10(8-6-9)14(12,13)11(2,3)4;1-2/h5-7H,1-4H3;5-8H,1-4H3;1-2H3. The van der Waals surface area contributed by atoms with Crippen LogP contribution < -0.4 is 0 Å². The number of aryl methyl sites for hydroxylation is 2. The minimum absolute atomic E-state index is 0.0399. The van der Waals surface area contributed by atoms with Gasteiger partial charge in [-0.1, -0.05) is 37.6 Å². The molecule has 0 aliphatic carbocycles. The van der Waals surface area contributed by atoms with Crippen molar-refractivity contribution in [2.24, 2.45) is 0 Å². The predicted octanol–water partition coefficient (Wildman–Crippen LogP) is 6.30. The van der Waals surface area contributed by atoms with Gasteiger partial charge < -0.3 is 0 Å². The lowest BCUT2D eigenvalue weighted by Crippen LogP contribution is -2.28. The molecular formula is C24H37FO4S2. The van der Waals surface area contributed by atoms with Crippen LogP contribution in [0.1, 0.15) is 66.5 Å². The van der Waals surface area contributed by atoms with Crippen molar-refractivity contribution in [3.63, 3.8) is 0 Å². The molecule has 0 bridgehead atoms. The Morgan fingerprint density at radius 2 is 1.00 bits per heavy atom. The maximum atomic E-state index is 13.2. The Morgan fingerprint density at radius 3 is 1.35 bits per heavy atom. The van der Waals surface area contributed by atoms with Crippen LogP contribution in [0.2, 0.25) is 0 Å². The zero-order chi connectivity index (χ0) is 24.8. The van der Waals surface area contributed by atoms with Crippen LogP contribution in [0.15, 0.2) is 52.3 Å². The molecule has 0 N–H and O–H groups in total. The van der Waals surface area contributed by atoms with E-state index in [4.69, 9.17) is 0 Å². The minimum atomic E-state index is -3.46. The third-order valence-corrected chi connectivity index (χ3v) is 9.39. The summed E-state index contributed by atoms with van der Waals surface area (Å²) >= 11 is 0. The Bertz CT molecular complexity index is 1060. The maximum Gasteiger partial charge on any atom is 0.183 e. The normalized spacial score (nSPS) is 12.2. The van der Waals surface area contributed by atoms with E-state index in [1.54, 1.807) is 60.6 Å². The maximum absolute atomic E-state index is 13.2. The molecule has 0 fully saturated rings. The Kier molecular flexibility index (Phi) is 10.1. The van der Waals surface area contributed by atoms with Gasteiger partial charge in [-0.15, -0.1) is 0 Å². The van der Waals surface area contributed by atoms with Gasteiger partial charge in [0.05, 0.1) is 19.3 Å². The highest BCUT2D eigenvalue weighted by Crippen LogP contribution is 2.26. The largest absolute Gasteiger partial charge is 0.223 e. The SMILES string of the molecule is CC.Cc1ccc(S(=O)(=O)C(C)(C)C)cc1.Cc1ccc(S(=O)(=O)C(C)(C)C)cc1F. The Balaban J connectivity index is 0.000000539. The first-order valence-electron chi connectivity index (χ1n) is 10.2. The second-order valence-electron chi connectivity index (χ2n) is 8.96. The molecule has 2 aromatic carbocycles. The van der Waals surface area contributed by atoms with Crippen LogP contribution >= 0.6 is 0 Å². The van der Waals surface area contributed by atoms with E-state index in [9.17, 15) is 21.2 Å². The second kappa shape index (κ2) is 10.7. The average Bonchev–Trinajstić information content (AvgIpc) is 2.64. The summed E-state index contributed by atoms with van der Waals surface area (Å²) in [5.74, 6) is -0.486. The van der Waals surface area contributed by atoms with Gasteiger partial charge >= 0.3 is 0 Å². The van der Waals surface area contributed by atoms with Crippen molar-refractivity contribution in [3.05, 3.63) is 59.4 Å². The van der Waals surface area contributed by atoms with Crippen molar-refractivity contribution in [1.82, 2.24) is 0 Å². The molecule has 0 heterocycles. The van der Waals surface area contributed by atoms with Crippen LogP contribution in [0.3, 0.4) is 0 Å². The lowest BCUT2D eigenvalue weighted by atomic mass is 10.2. The minimum Gasteiger partial charge on any atom is -0.223 e. The van der Waals surface area contributed by atoms with E-state index in [1.807, 2.05) is 32.9 Å². The highest BCUT2D eigenvalue weighted by Gasteiger charge is 2.31. The summed E-state index contributed by atoms with van der Waals surface area (Å²) in [6.45, 7) is 17.5. The van der Waals surface area contributed by atoms with E-state index in [1.165, 1.54) is 12.1 Å². The molecule has 0 spiro atoms. The zero-order valence-corrected chi connectivity index (χ0v) is 22.0. The molecule has 176 valence electrons. The van der Waals surface area contributed by atoms with Gasteiger partial charge in [-0.25, -0.2) is 21.2 Å². The van der Waals surface area contributed by atoms with Crippen molar-refractivity contribution >= 4 is 19.7 Å². The molecule has 4 nitrogen and oxygen atoms in total. The molecule has 2 aromatic rings. The monoisotopic (exact) mass is 472 g/mol. The third-order valence-electron chi connectivity index (χ3n) is 4.40. The van der Waals surface area contributed by atoms with E-state index in [-0.39, 0.29) is 4.90 Å². The summed E-state index contributed by atoms with van der Waals surface area (Å²) in [6.07, 6.45) is 0. The van der Waals surface area contributed by atoms with Crippen molar-refractivity contribution in [2.75, 3.05) is 0 Å². The molecule has 7 heteroatoms. The summed E-state index contributed by atoms with van der Waals surface area (Å²) in [6, 6.07) is 11.0. The van der Waals surface area contributed by atoms with Gasteiger partial charge in [-0.3, -0.25) is 0 Å². The summed E-state index contributed by atoms with van der Waals surface area (Å²) in [5.41, 5.74) is 1.51. The number of benzene rings is 2. The smallest absolute Gasteiger partial charge is 0.183 e. The Morgan fingerprint density at radius 1 is 0.645 bits per heavy atom. The van der Waals surface area contributed by atoms with Crippen molar-refractivity contribution in [1.29, 1.82) is 0 Å². The second-order valence-corrected chi connectivity index (χ2v) is 14.4. The topological polar surface area (TPSA) is 68.3 Å². The average molecular weight is 473 g/mol. The fourth-order valence-corrected chi connectivity index (χ4v) is 4.58. The van der Waals surface area contributed by atoms with Crippen molar-refractivity contribution in [2.45, 2.75) is 88.5 Å². The fraction of sp³-hybridized carbons (Fsp3) is 0.500. The number of rotatable bonds is 2. The Labute approximate surface area is 188 Å². The van der Waals surface area contributed by atoms with E-state index in [0.29, 0.717) is 10.5 Å². The summed E-state index contributed by atoms with van der Waals surface area (Å²) in [4.78, 5) is 0.439. The number of sulfone groups is 2. The van der Waals surface area contributed by atoms with Gasteiger partial charge in [0.1, 0.15) is 5.82 Å². The van der Waals surface area contributed by atoms with Crippen LogP contribution in [0, 0.1) is 19.7 Å². The molecule has 0 amide bonds. The van der Waals surface area contributed by atoms with Gasteiger partial charge in [-0.2, -0.15) is 0 Å². The van der Waals surface area contributed by atoms with Gasteiger partial charge in [0.25, 0.3) is 0 Å². The lowest BCUT2D eigenvalue weighted by Gasteiger charge is -2.19. The molecule has 0 radical (unpaired) electrons. The van der Waals surface area contributed by atoms with Crippen molar-refractivity contribution in [3.8, 4) is 0 Å². The first-order chi connectivity index (χ1) is 13.9. The molecule has 0 saturated heterocycles. The molecule has 0 aliphatic heterocycles. The molecule has 0 atom stereocenters. The molecule has 0 aliphatic rings. The molecular weight excluding hydrogens is 435 g/mol. The highest BCUT2D eigenvalue weighted by atomic mass is 32.2. The van der Waals surface area contributed by atoms with Crippen LogP contribution in [-0.4, -0.2) is 26.3 Å². The molecule has 0 aromatic heterocycles. The molecule has 0 saturated carbocycles. The van der Waals surface area contributed by atoms with E-state index < -0.39 is 35.0 Å². The number of hydrogen-bond donors (Lipinski definition) is 0. The highest BCUT2D eigenvalue weighted by molar-refractivity contribution is 7.93. The summed E-state index contributed by atoms with van der Waals surface area (Å²) in [7, 11) is -6.65. The molecule has 0 unspecified atom stereocenters. The summed E-state index contributed by atoms with van der Waals surface area (Å²) < 4.78 is 59.4. The summed E-state index contributed by atoms with van der Waals surface area (Å²) in [5, 5.41) is 0. The van der Waals surface area contributed by atoms with Gasteiger partial charge in [0.15, 0.2) is 19.7 Å². The van der Waals surface area contributed by atoms with Gasteiger partial charge in [-0.05, 0) is 85.2 Å². The fourth-order valence-electron chi connectivity index (χ4n) is 2.17. The van der Waals surface area contributed by atoms with E-state index >= 15 is 0 Å². The van der Waals surface area contributed by atoms with E-state index in [0.717, 1.165) is 11.6 Å². The van der Waals surface area contributed by atoms with Crippen LogP contribution in [0.4, 0.5) is 4.39 Å². The number of hydrogen-bond acceptors (Lipinski definition) is 4. The van der Waals surface area contributed by atoms with Crippen LogP contribution in [0.5, 0.6) is 0 Å².